The second-order valence-electron chi connectivity index (χ2n) is 3.60. The second kappa shape index (κ2) is 6.07. The van der Waals surface area contributed by atoms with Crippen LogP contribution in [-0.4, -0.2) is 15.9 Å². The highest BCUT2D eigenvalue weighted by molar-refractivity contribution is 7.13. The first-order valence-electron chi connectivity index (χ1n) is 5.55. The molecule has 0 aliphatic rings. The zero-order valence-electron chi connectivity index (χ0n) is 9.96. The van der Waals surface area contributed by atoms with E-state index in [1.807, 2.05) is 24.4 Å². The number of pyridine rings is 1. The molecular formula is C13H13N3OS. The predicted molar refractivity (Wildman–Crippen MR) is 72.0 cm³/mol. The first-order chi connectivity index (χ1) is 8.79. The number of thiazole rings is 1. The SMILES string of the molecule is C/C=C/C(=O)NCc1csc(-c2ccncc2)n1. The third kappa shape index (κ3) is 3.24. The molecule has 2 rings (SSSR count). The molecule has 0 radical (unpaired) electrons. The molecule has 0 fully saturated rings. The maximum Gasteiger partial charge on any atom is 0.243 e. The summed E-state index contributed by atoms with van der Waals surface area (Å²) < 4.78 is 0. The van der Waals surface area contributed by atoms with Gasteiger partial charge in [-0.05, 0) is 25.1 Å². The topological polar surface area (TPSA) is 54.9 Å². The maximum absolute atomic E-state index is 11.3. The van der Waals surface area contributed by atoms with Crippen molar-refractivity contribution in [2.24, 2.45) is 0 Å². The zero-order chi connectivity index (χ0) is 12.8. The molecule has 5 heteroatoms. The Morgan fingerprint density at radius 3 is 2.94 bits per heavy atom. The molecule has 2 aromatic rings. The Morgan fingerprint density at radius 2 is 2.22 bits per heavy atom. The molecule has 4 nitrogen and oxygen atoms in total. The van der Waals surface area contributed by atoms with E-state index in [-0.39, 0.29) is 5.91 Å². The number of hydrogen-bond donors (Lipinski definition) is 1. The fourth-order valence-electron chi connectivity index (χ4n) is 1.40. The lowest BCUT2D eigenvalue weighted by Crippen LogP contribution is -2.20. The molecule has 0 atom stereocenters. The van der Waals surface area contributed by atoms with Gasteiger partial charge in [0, 0.05) is 23.3 Å². The Morgan fingerprint density at radius 1 is 1.44 bits per heavy atom. The molecule has 0 unspecified atom stereocenters. The lowest BCUT2D eigenvalue weighted by atomic mass is 10.3. The third-order valence-electron chi connectivity index (χ3n) is 2.24. The Bertz CT molecular complexity index is 548. The summed E-state index contributed by atoms with van der Waals surface area (Å²) in [7, 11) is 0. The van der Waals surface area contributed by atoms with Gasteiger partial charge in [-0.1, -0.05) is 6.08 Å². The van der Waals surface area contributed by atoms with E-state index in [4.69, 9.17) is 0 Å². The fourth-order valence-corrected chi connectivity index (χ4v) is 2.23. The summed E-state index contributed by atoms with van der Waals surface area (Å²) in [5, 5.41) is 5.66. The average molecular weight is 259 g/mol. The highest BCUT2D eigenvalue weighted by Crippen LogP contribution is 2.22. The molecule has 0 aliphatic heterocycles. The average Bonchev–Trinajstić information content (AvgIpc) is 2.87. The Balaban J connectivity index is 2.01. The van der Waals surface area contributed by atoms with Crippen molar-refractivity contribution in [1.82, 2.24) is 15.3 Å². The van der Waals surface area contributed by atoms with Gasteiger partial charge in [-0.15, -0.1) is 11.3 Å². The lowest BCUT2D eigenvalue weighted by molar-refractivity contribution is -0.116. The van der Waals surface area contributed by atoms with Crippen LogP contribution in [0, 0.1) is 0 Å². The van der Waals surface area contributed by atoms with E-state index in [0.29, 0.717) is 6.54 Å². The molecule has 1 amide bonds. The van der Waals surface area contributed by atoms with Crippen molar-refractivity contribution in [3.05, 3.63) is 47.8 Å². The quantitative estimate of drug-likeness (QED) is 0.858. The van der Waals surface area contributed by atoms with Crippen LogP contribution in [0.4, 0.5) is 0 Å². The van der Waals surface area contributed by atoms with E-state index in [9.17, 15) is 4.79 Å². The van der Waals surface area contributed by atoms with Crippen LogP contribution in [0.15, 0.2) is 42.1 Å². The minimum Gasteiger partial charge on any atom is -0.347 e. The van der Waals surface area contributed by atoms with Crippen molar-refractivity contribution in [1.29, 1.82) is 0 Å². The van der Waals surface area contributed by atoms with Gasteiger partial charge < -0.3 is 5.32 Å². The Labute approximate surface area is 109 Å². The van der Waals surface area contributed by atoms with Gasteiger partial charge in [0.25, 0.3) is 0 Å². The van der Waals surface area contributed by atoms with E-state index >= 15 is 0 Å². The van der Waals surface area contributed by atoms with Gasteiger partial charge in [0.15, 0.2) is 0 Å². The number of hydrogen-bond acceptors (Lipinski definition) is 4. The van der Waals surface area contributed by atoms with Crippen LogP contribution in [-0.2, 0) is 11.3 Å². The minimum absolute atomic E-state index is 0.101. The van der Waals surface area contributed by atoms with Crippen LogP contribution in [0.25, 0.3) is 10.6 Å². The number of amides is 1. The number of rotatable bonds is 4. The van der Waals surface area contributed by atoms with Gasteiger partial charge >= 0.3 is 0 Å². The summed E-state index contributed by atoms with van der Waals surface area (Å²) in [4.78, 5) is 19.7. The van der Waals surface area contributed by atoms with Crippen LogP contribution in [0.1, 0.15) is 12.6 Å². The first kappa shape index (κ1) is 12.4. The van der Waals surface area contributed by atoms with Crippen molar-refractivity contribution < 1.29 is 4.79 Å². The lowest BCUT2D eigenvalue weighted by Gasteiger charge is -1.98. The number of carbonyl (C=O) groups excluding carboxylic acids is 1. The zero-order valence-corrected chi connectivity index (χ0v) is 10.8. The van der Waals surface area contributed by atoms with Crippen molar-refractivity contribution in [3.8, 4) is 10.6 Å². The molecule has 2 heterocycles. The van der Waals surface area contributed by atoms with E-state index in [0.717, 1.165) is 16.3 Å². The van der Waals surface area contributed by atoms with Crippen LogP contribution in [0.5, 0.6) is 0 Å². The first-order valence-corrected chi connectivity index (χ1v) is 6.43. The fraction of sp³-hybridized carbons (Fsp3) is 0.154. The predicted octanol–water partition coefficient (Wildman–Crippen LogP) is 2.40. The molecular weight excluding hydrogens is 246 g/mol. The van der Waals surface area contributed by atoms with Gasteiger partial charge in [0.2, 0.25) is 5.91 Å². The van der Waals surface area contributed by atoms with Gasteiger partial charge in [-0.3, -0.25) is 9.78 Å². The van der Waals surface area contributed by atoms with Crippen LogP contribution in [0.2, 0.25) is 0 Å². The monoisotopic (exact) mass is 259 g/mol. The summed E-state index contributed by atoms with van der Waals surface area (Å²) in [6, 6.07) is 3.84. The minimum atomic E-state index is -0.101. The molecule has 0 bridgehead atoms. The van der Waals surface area contributed by atoms with Crippen molar-refractivity contribution in [3.63, 3.8) is 0 Å². The number of nitrogens with one attached hydrogen (secondary N) is 1. The number of carbonyl (C=O) groups is 1. The molecule has 0 saturated heterocycles. The number of aromatic nitrogens is 2. The summed E-state index contributed by atoms with van der Waals surface area (Å²) in [5.41, 5.74) is 1.91. The smallest absolute Gasteiger partial charge is 0.243 e. The van der Waals surface area contributed by atoms with E-state index < -0.39 is 0 Å². The van der Waals surface area contributed by atoms with Gasteiger partial charge in [-0.25, -0.2) is 4.98 Å². The van der Waals surface area contributed by atoms with Crippen LogP contribution >= 0.6 is 11.3 Å². The standard InChI is InChI=1S/C13H13N3OS/c1-2-3-12(17)15-8-11-9-18-13(16-11)10-4-6-14-7-5-10/h2-7,9H,8H2,1H3,(H,15,17)/b3-2+. The highest BCUT2D eigenvalue weighted by Gasteiger charge is 2.04. The van der Waals surface area contributed by atoms with E-state index in [1.165, 1.54) is 6.08 Å². The van der Waals surface area contributed by atoms with E-state index in [2.05, 4.69) is 15.3 Å². The van der Waals surface area contributed by atoms with E-state index in [1.54, 1.807) is 29.8 Å². The number of allylic oxidation sites excluding steroid dienone is 1. The van der Waals surface area contributed by atoms with Gasteiger partial charge in [0.05, 0.1) is 12.2 Å². The molecule has 2 aromatic heterocycles. The molecule has 18 heavy (non-hydrogen) atoms. The molecule has 0 aliphatic carbocycles. The van der Waals surface area contributed by atoms with Crippen LogP contribution in [0.3, 0.4) is 0 Å². The summed E-state index contributed by atoms with van der Waals surface area (Å²) in [5.74, 6) is -0.101. The van der Waals surface area contributed by atoms with Gasteiger partial charge in [0.1, 0.15) is 5.01 Å². The van der Waals surface area contributed by atoms with Gasteiger partial charge in [-0.2, -0.15) is 0 Å². The van der Waals surface area contributed by atoms with Crippen LogP contribution < -0.4 is 5.32 Å². The summed E-state index contributed by atoms with van der Waals surface area (Å²) in [6.45, 7) is 2.26. The Hall–Kier alpha value is -2.01. The maximum atomic E-state index is 11.3. The summed E-state index contributed by atoms with van der Waals surface area (Å²) >= 11 is 1.56. The molecule has 0 aromatic carbocycles. The number of nitrogens with zero attached hydrogens (tertiary/aromatic N) is 2. The third-order valence-corrected chi connectivity index (χ3v) is 3.18. The second-order valence-corrected chi connectivity index (χ2v) is 4.46. The van der Waals surface area contributed by atoms with Crippen molar-refractivity contribution >= 4 is 17.2 Å². The van der Waals surface area contributed by atoms with Crippen molar-refractivity contribution in [2.75, 3.05) is 0 Å². The molecule has 0 saturated carbocycles. The van der Waals surface area contributed by atoms with Crippen molar-refractivity contribution in [2.45, 2.75) is 13.5 Å². The largest absolute Gasteiger partial charge is 0.347 e. The molecule has 0 spiro atoms. The molecule has 92 valence electrons. The Kier molecular flexibility index (Phi) is 4.20. The summed E-state index contributed by atoms with van der Waals surface area (Å²) in [6.07, 6.45) is 6.68. The highest BCUT2D eigenvalue weighted by atomic mass is 32.1. The molecule has 1 N–H and O–H groups in total. The normalized spacial score (nSPS) is 10.7.